The fourth-order valence-electron chi connectivity index (χ4n) is 4.82. The molecule has 0 spiro atoms. The van der Waals surface area contributed by atoms with Gasteiger partial charge in [0.15, 0.2) is 5.78 Å². The number of piperidine rings is 1. The molecule has 2 heterocycles. The van der Waals surface area contributed by atoms with Crippen LogP contribution in [-0.2, 0) is 0 Å². The number of nitriles is 1. The van der Waals surface area contributed by atoms with Gasteiger partial charge in [-0.25, -0.2) is 0 Å². The molecule has 2 N–H and O–H groups in total. The van der Waals surface area contributed by atoms with Crippen molar-refractivity contribution in [3.63, 3.8) is 0 Å². The number of carbonyl (C=O) groups excluding carboxylic acids is 1. The smallest absolute Gasteiger partial charge is 0.193 e. The van der Waals surface area contributed by atoms with E-state index in [2.05, 4.69) is 24.8 Å². The molecule has 160 valence electrons. The lowest BCUT2D eigenvalue weighted by Gasteiger charge is -2.36. The molecule has 0 aliphatic carbocycles. The molecule has 1 saturated heterocycles. The van der Waals surface area contributed by atoms with Gasteiger partial charge in [0.2, 0.25) is 0 Å². The number of anilines is 1. The number of hydrogen-bond acceptors (Lipinski definition) is 5. The van der Waals surface area contributed by atoms with Gasteiger partial charge in [-0.15, -0.1) is 11.3 Å². The number of carbonyl (C=O) groups is 1. The maximum Gasteiger partial charge on any atom is 0.193 e. The second-order valence-corrected chi connectivity index (χ2v) is 9.64. The standard InChI is InChI=1S/C26H29N3OS/c1-3-5-17(2)29-12-10-19(11-13-29)24-22-15-21(8-9-23(22)31-26(24)28)25(30)20-7-4-6-18(14-20)16-27/h4,6-9,14-15,17,19H,3,5,10-13,28H2,1-2H3. The lowest BCUT2D eigenvalue weighted by molar-refractivity contribution is 0.103. The minimum absolute atomic E-state index is 0.0575. The van der Waals surface area contributed by atoms with E-state index in [0.717, 1.165) is 41.0 Å². The van der Waals surface area contributed by atoms with Gasteiger partial charge in [-0.1, -0.05) is 25.5 Å². The zero-order valence-corrected chi connectivity index (χ0v) is 19.0. The lowest BCUT2D eigenvalue weighted by atomic mass is 9.87. The maximum atomic E-state index is 13.1. The number of fused-ring (bicyclic) bond motifs is 1. The highest BCUT2D eigenvalue weighted by Gasteiger charge is 2.27. The zero-order valence-electron chi connectivity index (χ0n) is 18.2. The van der Waals surface area contributed by atoms with Gasteiger partial charge in [0.05, 0.1) is 16.6 Å². The van der Waals surface area contributed by atoms with Gasteiger partial charge >= 0.3 is 0 Å². The number of hydrogen-bond donors (Lipinski definition) is 1. The van der Waals surface area contributed by atoms with Crippen LogP contribution in [0.25, 0.3) is 10.1 Å². The molecule has 0 bridgehead atoms. The van der Waals surface area contributed by atoms with Crippen LogP contribution in [-0.4, -0.2) is 29.8 Å². The molecule has 0 amide bonds. The monoisotopic (exact) mass is 431 g/mol. The first kappa shape index (κ1) is 21.5. The minimum atomic E-state index is -0.0575. The van der Waals surface area contributed by atoms with Crippen molar-refractivity contribution in [3.8, 4) is 6.07 Å². The normalized spacial score (nSPS) is 16.3. The Hall–Kier alpha value is -2.68. The van der Waals surface area contributed by atoms with Crippen LogP contribution in [0, 0.1) is 11.3 Å². The van der Waals surface area contributed by atoms with Gasteiger partial charge in [0.25, 0.3) is 0 Å². The Morgan fingerprint density at radius 1 is 1.23 bits per heavy atom. The van der Waals surface area contributed by atoms with Crippen molar-refractivity contribution in [2.75, 3.05) is 18.8 Å². The van der Waals surface area contributed by atoms with Crippen LogP contribution in [0.3, 0.4) is 0 Å². The summed E-state index contributed by atoms with van der Waals surface area (Å²) >= 11 is 1.62. The molecular formula is C26H29N3OS. The predicted molar refractivity (Wildman–Crippen MR) is 129 cm³/mol. The summed E-state index contributed by atoms with van der Waals surface area (Å²) < 4.78 is 1.14. The summed E-state index contributed by atoms with van der Waals surface area (Å²) in [5, 5.41) is 11.1. The number of rotatable bonds is 6. The van der Waals surface area contributed by atoms with E-state index in [4.69, 9.17) is 11.0 Å². The lowest BCUT2D eigenvalue weighted by Crippen LogP contribution is -2.39. The second-order valence-electron chi connectivity index (χ2n) is 8.56. The molecule has 0 radical (unpaired) electrons. The predicted octanol–water partition coefficient (Wildman–Crippen LogP) is 5.95. The number of thiophene rings is 1. The molecule has 4 rings (SSSR count). The largest absolute Gasteiger partial charge is 0.390 e. The molecule has 4 nitrogen and oxygen atoms in total. The molecular weight excluding hydrogens is 402 g/mol. The molecule has 2 aromatic carbocycles. The van der Waals surface area contributed by atoms with E-state index in [1.165, 1.54) is 18.4 Å². The Balaban J connectivity index is 1.61. The van der Waals surface area contributed by atoms with E-state index in [-0.39, 0.29) is 5.78 Å². The number of likely N-dealkylation sites (tertiary alicyclic amines) is 1. The molecule has 1 atom stereocenters. The summed E-state index contributed by atoms with van der Waals surface area (Å²) in [5.41, 5.74) is 9.40. The van der Waals surface area contributed by atoms with Crippen LogP contribution >= 0.6 is 11.3 Å². The van der Waals surface area contributed by atoms with E-state index in [9.17, 15) is 4.79 Å². The first-order valence-corrected chi connectivity index (χ1v) is 11.9. The second kappa shape index (κ2) is 9.21. The summed E-state index contributed by atoms with van der Waals surface area (Å²) in [4.78, 5) is 15.7. The highest BCUT2D eigenvalue weighted by atomic mass is 32.1. The molecule has 1 fully saturated rings. The van der Waals surface area contributed by atoms with Gasteiger partial charge in [0.1, 0.15) is 0 Å². The minimum Gasteiger partial charge on any atom is -0.390 e. The van der Waals surface area contributed by atoms with Crippen LogP contribution in [0.1, 0.15) is 72.5 Å². The fourth-order valence-corrected chi connectivity index (χ4v) is 5.86. The van der Waals surface area contributed by atoms with Crippen molar-refractivity contribution in [3.05, 3.63) is 64.7 Å². The van der Waals surface area contributed by atoms with Crippen molar-refractivity contribution < 1.29 is 4.79 Å². The van der Waals surface area contributed by atoms with Crippen LogP contribution in [0.5, 0.6) is 0 Å². The van der Waals surface area contributed by atoms with Gasteiger partial charge in [-0.05, 0) is 86.5 Å². The van der Waals surface area contributed by atoms with Crippen molar-refractivity contribution in [1.29, 1.82) is 5.26 Å². The Kier molecular flexibility index (Phi) is 6.41. The van der Waals surface area contributed by atoms with Crippen molar-refractivity contribution >= 4 is 32.2 Å². The van der Waals surface area contributed by atoms with E-state index in [1.54, 1.807) is 35.6 Å². The number of nitrogens with zero attached hydrogens (tertiary/aromatic N) is 2. The molecule has 31 heavy (non-hydrogen) atoms. The third-order valence-corrected chi connectivity index (χ3v) is 7.55. The maximum absolute atomic E-state index is 13.1. The highest BCUT2D eigenvalue weighted by Crippen LogP contribution is 2.43. The number of benzene rings is 2. The third-order valence-electron chi connectivity index (χ3n) is 6.54. The van der Waals surface area contributed by atoms with Gasteiger partial charge < -0.3 is 10.6 Å². The summed E-state index contributed by atoms with van der Waals surface area (Å²) in [6, 6.07) is 15.5. The van der Waals surface area contributed by atoms with Gasteiger partial charge in [0, 0.05) is 21.9 Å². The van der Waals surface area contributed by atoms with Crippen LogP contribution < -0.4 is 5.73 Å². The van der Waals surface area contributed by atoms with E-state index in [0.29, 0.717) is 28.7 Å². The number of nitrogens with two attached hydrogens (primary N) is 1. The average Bonchev–Trinajstić information content (AvgIpc) is 3.13. The Bertz CT molecular complexity index is 1140. The number of nitrogen functional groups attached to an aromatic ring is 1. The van der Waals surface area contributed by atoms with E-state index >= 15 is 0 Å². The Morgan fingerprint density at radius 2 is 1.97 bits per heavy atom. The van der Waals surface area contributed by atoms with Crippen molar-refractivity contribution in [2.24, 2.45) is 0 Å². The molecule has 1 aromatic heterocycles. The molecule has 1 aliphatic rings. The van der Waals surface area contributed by atoms with E-state index < -0.39 is 0 Å². The SMILES string of the molecule is CCCC(C)N1CCC(c2c(N)sc3ccc(C(=O)c4cccc(C#N)c4)cc23)CC1. The molecule has 3 aromatic rings. The van der Waals surface area contributed by atoms with Crippen LogP contribution in [0.4, 0.5) is 5.00 Å². The fraction of sp³-hybridized carbons (Fsp3) is 0.385. The molecule has 1 unspecified atom stereocenters. The average molecular weight is 432 g/mol. The van der Waals surface area contributed by atoms with Crippen molar-refractivity contribution in [1.82, 2.24) is 4.90 Å². The first-order chi connectivity index (χ1) is 15.0. The Morgan fingerprint density at radius 3 is 2.68 bits per heavy atom. The topological polar surface area (TPSA) is 70.1 Å². The quantitative estimate of drug-likeness (QED) is 0.489. The third kappa shape index (κ3) is 4.37. The van der Waals surface area contributed by atoms with Crippen LogP contribution in [0.15, 0.2) is 42.5 Å². The molecule has 1 aliphatic heterocycles. The zero-order chi connectivity index (χ0) is 22.0. The highest BCUT2D eigenvalue weighted by molar-refractivity contribution is 7.22. The number of ketones is 1. The summed E-state index contributed by atoms with van der Waals surface area (Å²) in [5.74, 6) is 0.379. The summed E-state index contributed by atoms with van der Waals surface area (Å²) in [7, 11) is 0. The summed E-state index contributed by atoms with van der Waals surface area (Å²) in [6.07, 6.45) is 4.67. The van der Waals surface area contributed by atoms with E-state index in [1.807, 2.05) is 18.2 Å². The van der Waals surface area contributed by atoms with Crippen LogP contribution in [0.2, 0.25) is 0 Å². The molecule has 5 heteroatoms. The van der Waals surface area contributed by atoms with Gasteiger partial charge in [-0.2, -0.15) is 5.26 Å². The van der Waals surface area contributed by atoms with Crippen molar-refractivity contribution in [2.45, 2.75) is 51.5 Å². The first-order valence-electron chi connectivity index (χ1n) is 11.1. The van der Waals surface area contributed by atoms with Gasteiger partial charge in [-0.3, -0.25) is 4.79 Å². The molecule has 0 saturated carbocycles. The Labute approximate surface area is 188 Å². The summed E-state index contributed by atoms with van der Waals surface area (Å²) in [6.45, 7) is 6.78.